The quantitative estimate of drug-likeness (QED) is 0.796. The fourth-order valence-electron chi connectivity index (χ4n) is 2.93. The Morgan fingerprint density at radius 1 is 1.04 bits per heavy atom. The topological polar surface area (TPSA) is 73.5 Å². The average molecular weight is 322 g/mol. The van der Waals surface area contributed by atoms with Crippen LogP contribution in [0.3, 0.4) is 0 Å². The molecule has 24 heavy (non-hydrogen) atoms. The van der Waals surface area contributed by atoms with Crippen molar-refractivity contribution in [2.45, 2.75) is 13.1 Å². The second kappa shape index (κ2) is 5.98. The monoisotopic (exact) mass is 322 g/mol. The highest BCUT2D eigenvalue weighted by Crippen LogP contribution is 2.35. The van der Waals surface area contributed by atoms with Crippen molar-refractivity contribution >= 4 is 16.7 Å². The van der Waals surface area contributed by atoms with Crippen LogP contribution in [0.15, 0.2) is 42.5 Å². The van der Waals surface area contributed by atoms with Gasteiger partial charge in [-0.05, 0) is 25.2 Å². The van der Waals surface area contributed by atoms with Crippen LogP contribution in [-0.2, 0) is 13.1 Å². The Morgan fingerprint density at radius 2 is 1.92 bits per heavy atom. The summed E-state index contributed by atoms with van der Waals surface area (Å²) in [5.74, 6) is 2.84. The van der Waals surface area contributed by atoms with Gasteiger partial charge in [-0.1, -0.05) is 24.3 Å². The molecule has 0 unspecified atom stereocenters. The van der Waals surface area contributed by atoms with E-state index in [1.165, 1.54) is 0 Å². The van der Waals surface area contributed by atoms with E-state index in [2.05, 4.69) is 14.9 Å². The van der Waals surface area contributed by atoms with Crippen molar-refractivity contribution in [2.24, 2.45) is 0 Å². The van der Waals surface area contributed by atoms with Crippen LogP contribution in [0.5, 0.6) is 11.5 Å². The smallest absolute Gasteiger partial charge is 0.231 e. The summed E-state index contributed by atoms with van der Waals surface area (Å²) >= 11 is 0. The van der Waals surface area contributed by atoms with E-state index >= 15 is 0 Å². The normalized spacial score (nSPS) is 12.9. The molecule has 6 nitrogen and oxygen atoms in total. The van der Waals surface area contributed by atoms with E-state index in [0.717, 1.165) is 28.0 Å². The molecule has 2 N–H and O–H groups in total. The molecule has 1 aliphatic heterocycles. The maximum atomic E-state index is 6.05. The van der Waals surface area contributed by atoms with Crippen molar-refractivity contribution in [1.29, 1.82) is 0 Å². The van der Waals surface area contributed by atoms with Gasteiger partial charge in [-0.2, -0.15) is 0 Å². The number of nitrogens with zero attached hydrogens (tertiary/aromatic N) is 3. The van der Waals surface area contributed by atoms with Crippen LogP contribution in [0.2, 0.25) is 0 Å². The minimum Gasteiger partial charge on any atom is -0.454 e. The summed E-state index contributed by atoms with van der Waals surface area (Å²) in [7, 11) is 2.02. The Morgan fingerprint density at radius 3 is 2.83 bits per heavy atom. The molecule has 2 aromatic carbocycles. The maximum absolute atomic E-state index is 6.05. The number of aromatic nitrogens is 2. The van der Waals surface area contributed by atoms with Crippen LogP contribution >= 0.6 is 0 Å². The number of benzene rings is 2. The van der Waals surface area contributed by atoms with Gasteiger partial charge in [0.15, 0.2) is 11.5 Å². The Kier molecular flexibility index (Phi) is 3.66. The van der Waals surface area contributed by atoms with Crippen molar-refractivity contribution in [3.05, 3.63) is 53.9 Å². The number of fused-ring (bicyclic) bond motifs is 2. The molecule has 2 heterocycles. The molecule has 0 radical (unpaired) electrons. The minimum atomic E-state index is 0.278. The van der Waals surface area contributed by atoms with Crippen LogP contribution < -0.4 is 15.2 Å². The lowest BCUT2D eigenvalue weighted by atomic mass is 10.1. The molecule has 3 aromatic rings. The van der Waals surface area contributed by atoms with E-state index in [4.69, 9.17) is 15.2 Å². The summed E-state index contributed by atoms with van der Waals surface area (Å²) in [6.45, 7) is 1.59. The van der Waals surface area contributed by atoms with Crippen LogP contribution in [0, 0.1) is 0 Å². The van der Waals surface area contributed by atoms with Gasteiger partial charge in [-0.15, -0.1) is 0 Å². The first kappa shape index (κ1) is 14.7. The molecule has 0 aliphatic carbocycles. The molecule has 0 atom stereocenters. The van der Waals surface area contributed by atoms with Gasteiger partial charge in [0.05, 0.1) is 12.1 Å². The zero-order valence-electron chi connectivity index (χ0n) is 13.4. The lowest BCUT2D eigenvalue weighted by molar-refractivity contribution is 0.172. The first-order valence-electron chi connectivity index (χ1n) is 7.78. The van der Waals surface area contributed by atoms with E-state index in [-0.39, 0.29) is 6.79 Å². The van der Waals surface area contributed by atoms with E-state index in [1.54, 1.807) is 0 Å². The molecule has 0 saturated heterocycles. The zero-order chi connectivity index (χ0) is 16.5. The molecular weight excluding hydrogens is 304 g/mol. The summed E-state index contributed by atoms with van der Waals surface area (Å²) in [6.07, 6.45) is 0. The van der Waals surface area contributed by atoms with E-state index in [1.807, 2.05) is 49.5 Å². The standard InChI is InChI=1S/C18H18N4O2/c1-22(9-12-5-4-8-15-17(12)24-11-23-15)10-16-20-14-7-3-2-6-13(14)18(19)21-16/h2-8H,9-11H2,1H3,(H2,19,20,21). The number of nitrogen functional groups attached to an aromatic ring is 1. The SMILES string of the molecule is CN(Cc1nc(N)c2ccccc2n1)Cc1cccc2c1OCO2. The highest BCUT2D eigenvalue weighted by atomic mass is 16.7. The summed E-state index contributed by atoms with van der Waals surface area (Å²) in [6, 6.07) is 13.7. The van der Waals surface area contributed by atoms with Gasteiger partial charge in [-0.25, -0.2) is 9.97 Å². The molecule has 0 saturated carbocycles. The Hall–Kier alpha value is -2.86. The first-order chi connectivity index (χ1) is 11.7. The number of hydrogen-bond acceptors (Lipinski definition) is 6. The van der Waals surface area contributed by atoms with Crippen molar-refractivity contribution in [1.82, 2.24) is 14.9 Å². The van der Waals surface area contributed by atoms with Gasteiger partial charge in [0.1, 0.15) is 11.6 Å². The third-order valence-corrected chi connectivity index (χ3v) is 4.01. The van der Waals surface area contributed by atoms with Gasteiger partial charge in [-0.3, -0.25) is 4.90 Å². The van der Waals surface area contributed by atoms with Gasteiger partial charge >= 0.3 is 0 Å². The van der Waals surface area contributed by atoms with Crippen molar-refractivity contribution in [3.63, 3.8) is 0 Å². The number of hydrogen-bond donors (Lipinski definition) is 1. The third kappa shape index (κ3) is 2.72. The van der Waals surface area contributed by atoms with Crippen LogP contribution in [0.4, 0.5) is 5.82 Å². The fourth-order valence-corrected chi connectivity index (χ4v) is 2.93. The fraction of sp³-hybridized carbons (Fsp3) is 0.222. The Balaban J connectivity index is 1.54. The number of ether oxygens (including phenoxy) is 2. The number of anilines is 1. The molecule has 0 fully saturated rings. The van der Waals surface area contributed by atoms with Gasteiger partial charge in [0.25, 0.3) is 0 Å². The second-order valence-corrected chi connectivity index (χ2v) is 5.87. The predicted molar refractivity (Wildman–Crippen MR) is 91.7 cm³/mol. The third-order valence-electron chi connectivity index (χ3n) is 4.01. The lowest BCUT2D eigenvalue weighted by Crippen LogP contribution is -2.19. The highest BCUT2D eigenvalue weighted by Gasteiger charge is 2.18. The zero-order valence-corrected chi connectivity index (χ0v) is 13.4. The van der Waals surface area contributed by atoms with Crippen LogP contribution in [-0.4, -0.2) is 28.7 Å². The van der Waals surface area contributed by atoms with Crippen molar-refractivity contribution < 1.29 is 9.47 Å². The van der Waals surface area contributed by atoms with Gasteiger partial charge < -0.3 is 15.2 Å². The maximum Gasteiger partial charge on any atom is 0.231 e. The molecule has 4 rings (SSSR count). The van der Waals surface area contributed by atoms with E-state index < -0.39 is 0 Å². The highest BCUT2D eigenvalue weighted by molar-refractivity contribution is 5.87. The van der Waals surface area contributed by atoms with Crippen molar-refractivity contribution in [3.8, 4) is 11.5 Å². The minimum absolute atomic E-state index is 0.278. The summed E-state index contributed by atoms with van der Waals surface area (Å²) in [5, 5.41) is 0.885. The molecule has 1 aromatic heterocycles. The molecule has 122 valence electrons. The molecule has 1 aliphatic rings. The van der Waals surface area contributed by atoms with E-state index in [0.29, 0.717) is 24.7 Å². The average Bonchev–Trinajstić information content (AvgIpc) is 3.04. The lowest BCUT2D eigenvalue weighted by Gasteiger charge is -2.17. The number of rotatable bonds is 4. The van der Waals surface area contributed by atoms with Crippen LogP contribution in [0.25, 0.3) is 10.9 Å². The first-order valence-corrected chi connectivity index (χ1v) is 7.78. The van der Waals surface area contributed by atoms with E-state index in [9.17, 15) is 0 Å². The summed E-state index contributed by atoms with van der Waals surface area (Å²) < 4.78 is 11.0. The summed E-state index contributed by atoms with van der Waals surface area (Å²) in [5.41, 5.74) is 8.00. The molecule has 0 spiro atoms. The Bertz CT molecular complexity index is 897. The van der Waals surface area contributed by atoms with Gasteiger partial charge in [0, 0.05) is 17.5 Å². The van der Waals surface area contributed by atoms with Crippen molar-refractivity contribution in [2.75, 3.05) is 19.6 Å². The van der Waals surface area contributed by atoms with Gasteiger partial charge in [0.2, 0.25) is 6.79 Å². The Labute approximate surface area is 139 Å². The predicted octanol–water partition coefficient (Wildman–Crippen LogP) is 2.57. The molecule has 0 bridgehead atoms. The second-order valence-electron chi connectivity index (χ2n) is 5.87. The molecule has 0 amide bonds. The molecular formula is C18H18N4O2. The summed E-state index contributed by atoms with van der Waals surface area (Å²) in [4.78, 5) is 11.2. The largest absolute Gasteiger partial charge is 0.454 e. The van der Waals surface area contributed by atoms with Crippen LogP contribution in [0.1, 0.15) is 11.4 Å². The number of nitrogens with two attached hydrogens (primary N) is 1. The molecule has 6 heteroatoms. The number of para-hydroxylation sites is 2.